The van der Waals surface area contributed by atoms with E-state index in [1.807, 2.05) is 4.90 Å². The average Bonchev–Trinajstić information content (AvgIpc) is 2.42. The van der Waals surface area contributed by atoms with Gasteiger partial charge < -0.3 is 10.4 Å². The molecule has 7 heteroatoms. The molecule has 0 aliphatic heterocycles. The van der Waals surface area contributed by atoms with Gasteiger partial charge in [0.15, 0.2) is 0 Å². The normalized spacial score (nSPS) is 11.0. The lowest BCUT2D eigenvalue weighted by molar-refractivity contribution is -0.117. The molecule has 0 heterocycles. The van der Waals surface area contributed by atoms with Gasteiger partial charge in [0, 0.05) is 6.54 Å². The summed E-state index contributed by atoms with van der Waals surface area (Å²) in [6, 6.07) is 3.01. The summed E-state index contributed by atoms with van der Waals surface area (Å²) in [5.74, 6) is -0.208. The van der Waals surface area contributed by atoms with Gasteiger partial charge in [-0.25, -0.2) is 0 Å². The molecule has 0 saturated carbocycles. The lowest BCUT2D eigenvalue weighted by atomic mass is 10.3. The van der Waals surface area contributed by atoms with Gasteiger partial charge in [0.2, 0.25) is 5.91 Å². The van der Waals surface area contributed by atoms with Crippen LogP contribution in [0.3, 0.4) is 0 Å². The summed E-state index contributed by atoms with van der Waals surface area (Å²) in [6.45, 7) is 3.51. The maximum absolute atomic E-state index is 12.0. The molecule has 21 heavy (non-hydrogen) atoms. The van der Waals surface area contributed by atoms with Gasteiger partial charge >= 0.3 is 0 Å². The van der Waals surface area contributed by atoms with Crippen LogP contribution in [0.5, 0.6) is 0 Å². The molecule has 118 valence electrons. The number of anilines is 1. The second-order valence-electron chi connectivity index (χ2n) is 4.65. The molecule has 2 N–H and O–H groups in total. The van der Waals surface area contributed by atoms with Crippen molar-refractivity contribution in [3.05, 3.63) is 27.2 Å². The molecule has 1 rings (SSSR count). The lowest BCUT2D eigenvalue weighted by Crippen LogP contribution is -2.36. The number of carbonyl (C=O) groups is 1. The van der Waals surface area contributed by atoms with Crippen molar-refractivity contribution in [3.8, 4) is 0 Å². The van der Waals surface area contributed by atoms with Crippen molar-refractivity contribution in [2.75, 3.05) is 31.6 Å². The van der Waals surface area contributed by atoms with Crippen molar-refractivity contribution in [2.45, 2.75) is 19.8 Å². The first-order valence-electron chi connectivity index (χ1n) is 6.75. The van der Waals surface area contributed by atoms with E-state index in [0.717, 1.165) is 19.4 Å². The number of halogens is 3. The van der Waals surface area contributed by atoms with Crippen LogP contribution in [0.25, 0.3) is 0 Å². The van der Waals surface area contributed by atoms with E-state index >= 15 is 0 Å². The van der Waals surface area contributed by atoms with E-state index in [-0.39, 0.29) is 19.1 Å². The van der Waals surface area contributed by atoms with Crippen LogP contribution in [0.15, 0.2) is 12.1 Å². The molecule has 1 aromatic carbocycles. The molecule has 0 aliphatic rings. The van der Waals surface area contributed by atoms with Crippen molar-refractivity contribution in [2.24, 2.45) is 0 Å². The van der Waals surface area contributed by atoms with Gasteiger partial charge in [-0.3, -0.25) is 9.69 Å². The van der Waals surface area contributed by atoms with Crippen LogP contribution in [0.1, 0.15) is 19.8 Å². The monoisotopic (exact) mass is 352 g/mol. The number of benzene rings is 1. The number of unbranched alkanes of at least 4 members (excludes halogenated alkanes) is 1. The van der Waals surface area contributed by atoms with Crippen molar-refractivity contribution in [3.63, 3.8) is 0 Å². The Kier molecular flexibility index (Phi) is 8.37. The highest BCUT2D eigenvalue weighted by Gasteiger charge is 2.13. The van der Waals surface area contributed by atoms with Crippen molar-refractivity contribution >= 4 is 46.4 Å². The van der Waals surface area contributed by atoms with E-state index in [1.54, 1.807) is 0 Å². The van der Waals surface area contributed by atoms with Crippen LogP contribution >= 0.6 is 34.8 Å². The predicted octanol–water partition coefficient (Wildman–Crippen LogP) is 3.68. The molecule has 4 nitrogen and oxygen atoms in total. The third-order valence-corrected chi connectivity index (χ3v) is 3.93. The van der Waals surface area contributed by atoms with Crippen LogP contribution in [-0.4, -0.2) is 42.2 Å². The first kappa shape index (κ1) is 18.5. The van der Waals surface area contributed by atoms with Crippen LogP contribution in [0, 0.1) is 0 Å². The SMILES string of the molecule is CCCCN(CCO)CC(=O)Nc1cc(Cl)c(Cl)cc1Cl. The summed E-state index contributed by atoms with van der Waals surface area (Å²) in [6.07, 6.45) is 2.00. The third kappa shape index (κ3) is 6.41. The molecular formula is C14H19Cl3N2O2. The van der Waals surface area contributed by atoms with Gasteiger partial charge in [0.05, 0.1) is 33.9 Å². The summed E-state index contributed by atoms with van der Waals surface area (Å²) < 4.78 is 0. The zero-order valence-electron chi connectivity index (χ0n) is 11.8. The lowest BCUT2D eigenvalue weighted by Gasteiger charge is -2.20. The van der Waals surface area contributed by atoms with Crippen molar-refractivity contribution in [1.82, 2.24) is 4.90 Å². The number of rotatable bonds is 8. The minimum atomic E-state index is -0.208. The predicted molar refractivity (Wildman–Crippen MR) is 88.5 cm³/mol. The van der Waals surface area contributed by atoms with E-state index in [4.69, 9.17) is 39.9 Å². The fraction of sp³-hybridized carbons (Fsp3) is 0.500. The topological polar surface area (TPSA) is 52.6 Å². The minimum absolute atomic E-state index is 0.0184. The number of carbonyl (C=O) groups excluding carboxylic acids is 1. The number of amides is 1. The molecular weight excluding hydrogens is 335 g/mol. The Morgan fingerprint density at radius 1 is 1.19 bits per heavy atom. The zero-order valence-corrected chi connectivity index (χ0v) is 14.1. The Morgan fingerprint density at radius 2 is 1.86 bits per heavy atom. The Morgan fingerprint density at radius 3 is 2.48 bits per heavy atom. The molecule has 0 unspecified atom stereocenters. The van der Waals surface area contributed by atoms with Gasteiger partial charge in [0.1, 0.15) is 0 Å². The number of aliphatic hydroxyl groups excluding tert-OH is 1. The Balaban J connectivity index is 2.65. The Hall–Kier alpha value is -0.520. The number of nitrogens with zero attached hydrogens (tertiary/aromatic N) is 1. The number of aliphatic hydroxyl groups is 1. The molecule has 1 amide bonds. The van der Waals surface area contributed by atoms with E-state index in [1.165, 1.54) is 12.1 Å². The fourth-order valence-electron chi connectivity index (χ4n) is 1.80. The summed E-state index contributed by atoms with van der Waals surface area (Å²) in [5.41, 5.74) is 0.426. The van der Waals surface area contributed by atoms with Gasteiger partial charge in [-0.1, -0.05) is 48.1 Å². The Labute approximate surface area is 140 Å². The second-order valence-corrected chi connectivity index (χ2v) is 5.87. The molecule has 0 aromatic heterocycles. The highest BCUT2D eigenvalue weighted by molar-refractivity contribution is 6.44. The van der Waals surface area contributed by atoms with Gasteiger partial charge in [-0.05, 0) is 25.1 Å². The van der Waals surface area contributed by atoms with Crippen molar-refractivity contribution in [1.29, 1.82) is 0 Å². The number of hydrogen-bond donors (Lipinski definition) is 2. The summed E-state index contributed by atoms with van der Waals surface area (Å²) in [4.78, 5) is 13.9. The van der Waals surface area contributed by atoms with Crippen molar-refractivity contribution < 1.29 is 9.90 Å². The third-order valence-electron chi connectivity index (χ3n) is 2.90. The summed E-state index contributed by atoms with van der Waals surface area (Å²) in [7, 11) is 0. The molecule has 0 atom stereocenters. The van der Waals surface area contributed by atoms with E-state index in [9.17, 15) is 4.79 Å². The standard InChI is InChI=1S/C14H19Cl3N2O2/c1-2-3-4-19(5-6-20)9-14(21)18-13-8-11(16)10(15)7-12(13)17/h7-8,20H,2-6,9H2,1H3,(H,18,21). The molecule has 0 saturated heterocycles. The Bertz CT molecular complexity index is 484. The summed E-state index contributed by atoms with van der Waals surface area (Å²) in [5, 5.41) is 12.7. The van der Waals surface area contributed by atoms with Gasteiger partial charge in [0.25, 0.3) is 0 Å². The molecule has 1 aromatic rings. The highest BCUT2D eigenvalue weighted by atomic mass is 35.5. The number of hydrogen-bond acceptors (Lipinski definition) is 3. The van der Waals surface area contributed by atoms with E-state index in [0.29, 0.717) is 27.3 Å². The smallest absolute Gasteiger partial charge is 0.238 e. The highest BCUT2D eigenvalue weighted by Crippen LogP contribution is 2.32. The van der Waals surface area contributed by atoms with E-state index < -0.39 is 0 Å². The van der Waals surface area contributed by atoms with Crippen LogP contribution < -0.4 is 5.32 Å². The first-order valence-corrected chi connectivity index (χ1v) is 7.89. The summed E-state index contributed by atoms with van der Waals surface area (Å²) >= 11 is 17.8. The fourth-order valence-corrected chi connectivity index (χ4v) is 2.40. The zero-order chi connectivity index (χ0) is 15.8. The molecule has 0 fully saturated rings. The largest absolute Gasteiger partial charge is 0.395 e. The van der Waals surface area contributed by atoms with Crippen LogP contribution in [0.2, 0.25) is 15.1 Å². The first-order chi connectivity index (χ1) is 9.97. The van der Waals surface area contributed by atoms with Gasteiger partial charge in [-0.15, -0.1) is 0 Å². The molecule has 0 spiro atoms. The maximum atomic E-state index is 12.0. The molecule has 0 aliphatic carbocycles. The van der Waals surface area contributed by atoms with Gasteiger partial charge in [-0.2, -0.15) is 0 Å². The second kappa shape index (κ2) is 9.49. The van der Waals surface area contributed by atoms with Crippen LogP contribution in [-0.2, 0) is 4.79 Å². The average molecular weight is 354 g/mol. The quantitative estimate of drug-likeness (QED) is 0.701. The minimum Gasteiger partial charge on any atom is -0.395 e. The molecule has 0 bridgehead atoms. The maximum Gasteiger partial charge on any atom is 0.238 e. The number of nitrogens with one attached hydrogen (secondary N) is 1. The van der Waals surface area contributed by atoms with E-state index in [2.05, 4.69) is 12.2 Å². The van der Waals surface area contributed by atoms with Crippen LogP contribution in [0.4, 0.5) is 5.69 Å². The molecule has 0 radical (unpaired) electrons.